The fraction of sp³-hybridized carbons (Fsp3) is 0.318. The highest BCUT2D eigenvalue weighted by atomic mass is 16.3. The van der Waals surface area contributed by atoms with E-state index in [1.807, 2.05) is 23.1 Å². The summed E-state index contributed by atoms with van der Waals surface area (Å²) in [4.78, 5) is 17.2. The number of fused-ring (bicyclic) bond motifs is 1. The zero-order valence-corrected chi connectivity index (χ0v) is 15.6. The average Bonchev–Trinajstić information content (AvgIpc) is 3.29. The van der Waals surface area contributed by atoms with E-state index in [1.54, 1.807) is 12.1 Å². The Labute approximate surface area is 162 Å². The molecule has 6 heteroatoms. The second kappa shape index (κ2) is 6.19. The molecule has 3 aromatic rings. The standard InChI is InChI=1S/C22H22N4O2/c1-2-20(28)26-12-22(13-26)9-5-7-16(22)18-11-14-10-17(24-25-21(14)23-18)15-6-3-4-8-19(15)27/h2-4,6,8,10-11,16,27H,1,5,7,9,12-13H2,(H,23,25). The summed E-state index contributed by atoms with van der Waals surface area (Å²) in [5.74, 6) is 0.610. The van der Waals surface area contributed by atoms with Crippen LogP contribution in [0.2, 0.25) is 0 Å². The molecule has 3 heterocycles. The summed E-state index contributed by atoms with van der Waals surface area (Å²) in [6, 6.07) is 11.3. The first kappa shape index (κ1) is 17.0. The highest BCUT2D eigenvalue weighted by Gasteiger charge is 2.53. The molecule has 1 saturated carbocycles. The highest BCUT2D eigenvalue weighted by Crippen LogP contribution is 2.54. The van der Waals surface area contributed by atoms with E-state index in [2.05, 4.69) is 27.8 Å². The Balaban J connectivity index is 1.46. The minimum atomic E-state index is 0.0195. The summed E-state index contributed by atoms with van der Waals surface area (Å²) in [7, 11) is 0. The molecular weight excluding hydrogens is 352 g/mol. The molecule has 1 aliphatic carbocycles. The molecule has 2 N–H and O–H groups in total. The molecular formula is C22H22N4O2. The van der Waals surface area contributed by atoms with Crippen molar-refractivity contribution in [3.05, 3.63) is 54.7 Å². The van der Waals surface area contributed by atoms with E-state index in [0.29, 0.717) is 17.2 Å². The van der Waals surface area contributed by atoms with Crippen molar-refractivity contribution < 1.29 is 9.90 Å². The van der Waals surface area contributed by atoms with Crippen molar-refractivity contribution in [2.45, 2.75) is 25.2 Å². The smallest absolute Gasteiger partial charge is 0.245 e. The fourth-order valence-corrected chi connectivity index (χ4v) is 4.96. The number of amides is 1. The number of aromatic nitrogens is 3. The summed E-state index contributed by atoms with van der Waals surface area (Å²) in [6.45, 7) is 5.19. The van der Waals surface area contributed by atoms with Gasteiger partial charge in [-0.2, -0.15) is 0 Å². The van der Waals surface area contributed by atoms with Crippen molar-refractivity contribution in [1.29, 1.82) is 0 Å². The van der Waals surface area contributed by atoms with Crippen LogP contribution >= 0.6 is 0 Å². The number of aromatic amines is 1. The number of hydrogen-bond acceptors (Lipinski definition) is 4. The van der Waals surface area contributed by atoms with Crippen LogP contribution in [0.4, 0.5) is 0 Å². The maximum atomic E-state index is 11.9. The van der Waals surface area contributed by atoms with E-state index in [-0.39, 0.29) is 17.1 Å². The third-order valence-corrected chi connectivity index (χ3v) is 6.36. The SMILES string of the molecule is C=CC(=O)N1CC2(CCCC2c2cc3cc(-c4ccccc4O)nnc3[nH]2)C1. The van der Waals surface area contributed by atoms with Gasteiger partial charge in [-0.05, 0) is 43.2 Å². The molecule has 142 valence electrons. The Kier molecular flexibility index (Phi) is 3.75. The minimum absolute atomic E-state index is 0.0195. The first-order valence-electron chi connectivity index (χ1n) is 9.66. The number of para-hydroxylation sites is 1. The third kappa shape index (κ3) is 2.52. The predicted molar refractivity (Wildman–Crippen MR) is 107 cm³/mol. The number of hydrogen-bond donors (Lipinski definition) is 2. The molecule has 1 unspecified atom stereocenters. The van der Waals surface area contributed by atoms with Crippen LogP contribution in [0.3, 0.4) is 0 Å². The summed E-state index contributed by atoms with van der Waals surface area (Å²) < 4.78 is 0. The normalized spacial score (nSPS) is 20.4. The first-order valence-corrected chi connectivity index (χ1v) is 9.66. The molecule has 5 rings (SSSR count). The average molecular weight is 374 g/mol. The van der Waals surface area contributed by atoms with Crippen LogP contribution in [0, 0.1) is 5.41 Å². The van der Waals surface area contributed by atoms with Gasteiger partial charge in [-0.1, -0.05) is 25.1 Å². The number of likely N-dealkylation sites (tertiary alicyclic amines) is 1. The summed E-state index contributed by atoms with van der Waals surface area (Å²) in [6.07, 6.45) is 4.83. The van der Waals surface area contributed by atoms with Gasteiger partial charge in [-0.15, -0.1) is 10.2 Å². The maximum Gasteiger partial charge on any atom is 0.245 e. The Morgan fingerprint density at radius 2 is 2.11 bits per heavy atom. The van der Waals surface area contributed by atoms with Gasteiger partial charge in [-0.3, -0.25) is 4.79 Å². The van der Waals surface area contributed by atoms with Gasteiger partial charge >= 0.3 is 0 Å². The lowest BCUT2D eigenvalue weighted by Crippen LogP contribution is -2.59. The van der Waals surface area contributed by atoms with Crippen molar-refractivity contribution in [1.82, 2.24) is 20.1 Å². The summed E-state index contributed by atoms with van der Waals surface area (Å²) >= 11 is 0. The van der Waals surface area contributed by atoms with E-state index in [1.165, 1.54) is 18.2 Å². The minimum Gasteiger partial charge on any atom is -0.507 e. The second-order valence-electron chi connectivity index (χ2n) is 7.98. The number of carbonyl (C=O) groups is 1. The van der Waals surface area contributed by atoms with E-state index in [0.717, 1.165) is 37.0 Å². The van der Waals surface area contributed by atoms with E-state index < -0.39 is 0 Å². The highest BCUT2D eigenvalue weighted by molar-refractivity contribution is 5.88. The number of nitrogens with one attached hydrogen (secondary N) is 1. The van der Waals surface area contributed by atoms with Crippen LogP contribution in [0.25, 0.3) is 22.3 Å². The van der Waals surface area contributed by atoms with Crippen LogP contribution in [0.5, 0.6) is 5.75 Å². The molecule has 1 aliphatic heterocycles. The van der Waals surface area contributed by atoms with Gasteiger partial charge in [0.1, 0.15) is 5.75 Å². The first-order chi connectivity index (χ1) is 13.6. The van der Waals surface area contributed by atoms with Crippen LogP contribution in [0.15, 0.2) is 49.1 Å². The summed E-state index contributed by atoms with van der Waals surface area (Å²) in [5.41, 5.74) is 3.42. The number of nitrogens with zero attached hydrogens (tertiary/aromatic N) is 3. The number of H-pyrrole nitrogens is 1. The van der Waals surface area contributed by atoms with Crippen molar-refractivity contribution in [3.63, 3.8) is 0 Å². The number of phenols is 1. The Morgan fingerprint density at radius 1 is 1.29 bits per heavy atom. The molecule has 1 aromatic carbocycles. The van der Waals surface area contributed by atoms with Crippen molar-refractivity contribution in [2.75, 3.05) is 13.1 Å². The molecule has 0 bridgehead atoms. The number of aromatic hydroxyl groups is 1. The topological polar surface area (TPSA) is 82.1 Å². The molecule has 1 saturated heterocycles. The molecule has 2 aromatic heterocycles. The monoisotopic (exact) mass is 374 g/mol. The fourth-order valence-electron chi connectivity index (χ4n) is 4.96. The van der Waals surface area contributed by atoms with Crippen molar-refractivity contribution in [2.24, 2.45) is 5.41 Å². The van der Waals surface area contributed by atoms with Gasteiger partial charge in [0.05, 0.1) is 5.69 Å². The number of benzene rings is 1. The van der Waals surface area contributed by atoms with E-state index in [4.69, 9.17) is 0 Å². The molecule has 1 spiro atoms. The molecule has 2 aliphatic rings. The lowest BCUT2D eigenvalue weighted by molar-refractivity contribution is -0.138. The van der Waals surface area contributed by atoms with Gasteiger partial charge in [-0.25, -0.2) is 0 Å². The molecule has 6 nitrogen and oxygen atoms in total. The molecule has 1 atom stereocenters. The largest absolute Gasteiger partial charge is 0.507 e. The lowest BCUT2D eigenvalue weighted by Gasteiger charge is -2.51. The molecule has 28 heavy (non-hydrogen) atoms. The van der Waals surface area contributed by atoms with Crippen LogP contribution in [-0.4, -0.2) is 44.2 Å². The van der Waals surface area contributed by atoms with Gasteiger partial charge in [0.25, 0.3) is 0 Å². The summed E-state index contributed by atoms with van der Waals surface area (Å²) in [5, 5.41) is 19.7. The zero-order chi connectivity index (χ0) is 19.3. The van der Waals surface area contributed by atoms with Crippen molar-refractivity contribution in [3.8, 4) is 17.0 Å². The Morgan fingerprint density at radius 3 is 2.89 bits per heavy atom. The van der Waals surface area contributed by atoms with Crippen molar-refractivity contribution >= 4 is 16.9 Å². The number of rotatable bonds is 3. The Hall–Kier alpha value is -3.15. The zero-order valence-electron chi connectivity index (χ0n) is 15.6. The van der Waals surface area contributed by atoms with E-state index in [9.17, 15) is 9.90 Å². The predicted octanol–water partition coefficient (Wildman–Crippen LogP) is 3.61. The number of carbonyl (C=O) groups excluding carboxylic acids is 1. The third-order valence-electron chi connectivity index (χ3n) is 6.36. The van der Waals surface area contributed by atoms with Gasteiger partial charge in [0.15, 0.2) is 5.65 Å². The van der Waals surface area contributed by atoms with Gasteiger partial charge < -0.3 is 15.0 Å². The van der Waals surface area contributed by atoms with E-state index >= 15 is 0 Å². The maximum absolute atomic E-state index is 11.9. The van der Waals surface area contributed by atoms with Gasteiger partial charge in [0, 0.05) is 41.1 Å². The Bertz CT molecular complexity index is 1080. The second-order valence-corrected chi connectivity index (χ2v) is 7.98. The van der Waals surface area contributed by atoms with Crippen LogP contribution in [0.1, 0.15) is 30.9 Å². The molecule has 1 amide bonds. The molecule has 0 radical (unpaired) electrons. The van der Waals surface area contributed by atoms with Crippen LogP contribution in [-0.2, 0) is 4.79 Å². The lowest BCUT2D eigenvalue weighted by atomic mass is 9.70. The van der Waals surface area contributed by atoms with Crippen LogP contribution < -0.4 is 0 Å². The quantitative estimate of drug-likeness (QED) is 0.686. The molecule has 2 fully saturated rings. The van der Waals surface area contributed by atoms with Gasteiger partial charge in [0.2, 0.25) is 5.91 Å². The number of phenolic OH excluding ortho intramolecular Hbond substituents is 1.